The molecule has 5 aromatic rings. The van der Waals surface area contributed by atoms with Gasteiger partial charge in [0.2, 0.25) is 23.6 Å². The SMILES string of the molecule is O=C(CCNC(=O)[C@H](COCc1ccccc1)NC(=O)c1ccc[nH]1)Nc1ccc(NC(=O)CCNC(=O)[C@H](COCc2ccccc2)NC(=O)c2ccc[nH]2)cc1. The standard InChI is InChI=1S/C42H46N8O8/c51-37(19-23-45-39(53)35(49-41(55)33-13-7-21-43-33)27-57-25-29-9-3-1-4-10-29)47-31-15-17-32(18-16-31)48-38(52)20-24-46-40(54)36(50-42(56)34-14-8-22-44-34)28-58-26-30-11-5-2-6-12-30/h1-18,21-22,35-36,43-44H,19-20,23-28H2,(H,45,53)(H,46,54)(H,47,51)(H,48,52)(H,49,55)(H,50,56)/t35-,36-/m0/s1. The number of hydrogen-bond donors (Lipinski definition) is 8. The predicted molar refractivity (Wildman–Crippen MR) is 215 cm³/mol. The largest absolute Gasteiger partial charge is 0.374 e. The Labute approximate surface area is 334 Å². The average molecular weight is 791 g/mol. The molecule has 0 aliphatic heterocycles. The zero-order valence-corrected chi connectivity index (χ0v) is 31.6. The maximum Gasteiger partial charge on any atom is 0.268 e. The molecular weight excluding hydrogens is 745 g/mol. The molecule has 5 rings (SSSR count). The van der Waals surface area contributed by atoms with Crippen LogP contribution >= 0.6 is 0 Å². The molecule has 2 heterocycles. The van der Waals surface area contributed by atoms with Crippen molar-refractivity contribution in [3.63, 3.8) is 0 Å². The lowest BCUT2D eigenvalue weighted by molar-refractivity contribution is -0.125. The topological polar surface area (TPSA) is 225 Å². The minimum absolute atomic E-state index is 0.00348. The van der Waals surface area contributed by atoms with Crippen LogP contribution in [0.5, 0.6) is 0 Å². The maximum atomic E-state index is 13.0. The van der Waals surface area contributed by atoms with Gasteiger partial charge >= 0.3 is 0 Å². The summed E-state index contributed by atoms with van der Waals surface area (Å²) in [5.74, 6) is -2.70. The number of aromatic amines is 2. The molecule has 0 aliphatic rings. The number of carbonyl (C=O) groups is 6. The minimum atomic E-state index is -1.01. The highest BCUT2D eigenvalue weighted by Gasteiger charge is 2.24. The number of carbonyl (C=O) groups excluding carboxylic acids is 6. The van der Waals surface area contributed by atoms with Gasteiger partial charge < -0.3 is 51.3 Å². The van der Waals surface area contributed by atoms with Crippen molar-refractivity contribution in [1.29, 1.82) is 0 Å². The van der Waals surface area contributed by atoms with E-state index in [1.807, 2.05) is 60.7 Å². The van der Waals surface area contributed by atoms with Gasteiger partial charge in [-0.05, 0) is 59.7 Å². The molecule has 0 aliphatic carbocycles. The van der Waals surface area contributed by atoms with Crippen molar-refractivity contribution in [2.24, 2.45) is 0 Å². The number of anilines is 2. The molecule has 3 aromatic carbocycles. The number of ether oxygens (including phenoxy) is 2. The summed E-state index contributed by atoms with van der Waals surface area (Å²) in [5, 5.41) is 16.2. The minimum Gasteiger partial charge on any atom is -0.374 e. The molecule has 0 radical (unpaired) electrons. The molecule has 2 atom stereocenters. The quantitative estimate of drug-likeness (QED) is 0.0518. The van der Waals surface area contributed by atoms with Gasteiger partial charge in [-0.15, -0.1) is 0 Å². The first-order valence-electron chi connectivity index (χ1n) is 18.6. The third kappa shape index (κ3) is 14.2. The van der Waals surface area contributed by atoms with Crippen LogP contribution in [0.2, 0.25) is 0 Å². The Kier molecular flexibility index (Phi) is 16.3. The average Bonchev–Trinajstić information content (AvgIpc) is 3.98. The summed E-state index contributed by atoms with van der Waals surface area (Å²) in [5.41, 5.74) is 3.33. The summed E-state index contributed by atoms with van der Waals surface area (Å²) in [6.07, 6.45) is 3.10. The number of amides is 6. The highest BCUT2D eigenvalue weighted by atomic mass is 16.5. The molecule has 0 saturated heterocycles. The van der Waals surface area contributed by atoms with Gasteiger partial charge in [-0.1, -0.05) is 60.7 Å². The summed E-state index contributed by atoms with van der Waals surface area (Å²) in [4.78, 5) is 82.2. The molecule has 6 amide bonds. The van der Waals surface area contributed by atoms with Crippen LogP contribution in [-0.2, 0) is 41.9 Å². The molecular formula is C42H46N8O8. The van der Waals surface area contributed by atoms with E-state index in [-0.39, 0.29) is 75.6 Å². The van der Waals surface area contributed by atoms with E-state index in [0.717, 1.165) is 11.1 Å². The van der Waals surface area contributed by atoms with Gasteiger partial charge in [0.15, 0.2) is 0 Å². The van der Waals surface area contributed by atoms with Crippen molar-refractivity contribution in [3.05, 3.63) is 144 Å². The fourth-order valence-electron chi connectivity index (χ4n) is 5.45. The lowest BCUT2D eigenvalue weighted by atomic mass is 10.2. The van der Waals surface area contributed by atoms with Gasteiger partial charge in [-0.2, -0.15) is 0 Å². The van der Waals surface area contributed by atoms with Crippen molar-refractivity contribution in [1.82, 2.24) is 31.2 Å². The lowest BCUT2D eigenvalue weighted by Crippen LogP contribution is -2.49. The monoisotopic (exact) mass is 790 g/mol. The third-order valence-electron chi connectivity index (χ3n) is 8.48. The number of rotatable bonds is 22. The molecule has 58 heavy (non-hydrogen) atoms. The number of nitrogens with one attached hydrogen (secondary N) is 8. The molecule has 16 nitrogen and oxygen atoms in total. The summed E-state index contributed by atoms with van der Waals surface area (Å²) in [6.45, 7) is 0.328. The predicted octanol–water partition coefficient (Wildman–Crippen LogP) is 3.26. The van der Waals surface area contributed by atoms with E-state index in [1.54, 1.807) is 60.9 Å². The van der Waals surface area contributed by atoms with Crippen LogP contribution in [0, 0.1) is 0 Å². The van der Waals surface area contributed by atoms with Crippen LogP contribution in [0.15, 0.2) is 122 Å². The number of hydrogen-bond acceptors (Lipinski definition) is 8. The first-order chi connectivity index (χ1) is 28.2. The van der Waals surface area contributed by atoms with Crippen molar-refractivity contribution in [2.75, 3.05) is 36.9 Å². The van der Waals surface area contributed by atoms with E-state index < -0.39 is 35.7 Å². The second kappa shape index (κ2) is 22.5. The third-order valence-corrected chi connectivity index (χ3v) is 8.48. The molecule has 0 unspecified atom stereocenters. The molecule has 0 saturated carbocycles. The van der Waals surface area contributed by atoms with Crippen molar-refractivity contribution >= 4 is 46.8 Å². The zero-order valence-electron chi connectivity index (χ0n) is 31.6. The summed E-state index contributed by atoms with van der Waals surface area (Å²) < 4.78 is 11.4. The number of benzene rings is 3. The second-order valence-corrected chi connectivity index (χ2v) is 13.0. The van der Waals surface area contributed by atoms with Crippen molar-refractivity contribution in [3.8, 4) is 0 Å². The van der Waals surface area contributed by atoms with Crippen LogP contribution < -0.4 is 31.9 Å². The van der Waals surface area contributed by atoms with E-state index in [4.69, 9.17) is 9.47 Å². The fraction of sp³-hybridized carbons (Fsp3) is 0.238. The highest BCUT2D eigenvalue weighted by Crippen LogP contribution is 2.14. The van der Waals surface area contributed by atoms with Crippen LogP contribution in [0.4, 0.5) is 11.4 Å². The first-order valence-corrected chi connectivity index (χ1v) is 18.6. The Balaban J connectivity index is 1.01. The summed E-state index contributed by atoms with van der Waals surface area (Å²) in [6, 6.07) is 29.7. The Morgan fingerprint density at radius 2 is 0.897 bits per heavy atom. The van der Waals surface area contributed by atoms with Crippen LogP contribution in [0.3, 0.4) is 0 Å². The fourth-order valence-corrected chi connectivity index (χ4v) is 5.45. The zero-order chi connectivity index (χ0) is 41.0. The van der Waals surface area contributed by atoms with Gasteiger partial charge in [-0.25, -0.2) is 0 Å². The van der Waals surface area contributed by atoms with Crippen LogP contribution in [0.25, 0.3) is 0 Å². The Morgan fingerprint density at radius 3 is 1.26 bits per heavy atom. The van der Waals surface area contributed by atoms with Crippen molar-refractivity contribution < 1.29 is 38.2 Å². The maximum absolute atomic E-state index is 13.0. The first kappa shape index (κ1) is 42.1. The second-order valence-electron chi connectivity index (χ2n) is 13.0. The van der Waals surface area contributed by atoms with Gasteiger partial charge in [0.05, 0.1) is 26.4 Å². The Morgan fingerprint density at radius 1 is 0.500 bits per heavy atom. The van der Waals surface area contributed by atoms with Gasteiger partial charge in [0.1, 0.15) is 23.5 Å². The molecule has 2 aromatic heterocycles. The van der Waals surface area contributed by atoms with E-state index in [0.29, 0.717) is 11.4 Å². The number of aromatic nitrogens is 2. The summed E-state index contributed by atoms with van der Waals surface area (Å²) in [7, 11) is 0. The van der Waals surface area contributed by atoms with E-state index in [1.165, 1.54) is 0 Å². The van der Waals surface area contributed by atoms with Gasteiger partial charge in [0, 0.05) is 49.7 Å². The molecule has 0 bridgehead atoms. The summed E-state index contributed by atoms with van der Waals surface area (Å²) >= 11 is 0. The highest BCUT2D eigenvalue weighted by molar-refractivity contribution is 5.97. The van der Waals surface area contributed by atoms with Gasteiger partial charge in [-0.3, -0.25) is 28.8 Å². The van der Waals surface area contributed by atoms with E-state index >= 15 is 0 Å². The lowest BCUT2D eigenvalue weighted by Gasteiger charge is -2.18. The van der Waals surface area contributed by atoms with Crippen LogP contribution in [-0.4, -0.2) is 83.8 Å². The van der Waals surface area contributed by atoms with E-state index in [2.05, 4.69) is 41.9 Å². The van der Waals surface area contributed by atoms with E-state index in [9.17, 15) is 28.8 Å². The molecule has 0 fully saturated rings. The molecule has 302 valence electrons. The number of H-pyrrole nitrogens is 2. The Bertz CT molecular complexity index is 1910. The van der Waals surface area contributed by atoms with Crippen molar-refractivity contribution in [2.45, 2.75) is 38.1 Å². The molecule has 16 heteroatoms. The molecule has 0 spiro atoms. The molecule has 8 N–H and O–H groups in total. The van der Waals surface area contributed by atoms with Crippen LogP contribution in [0.1, 0.15) is 44.9 Å². The Hall–Kier alpha value is -7.04. The van der Waals surface area contributed by atoms with Gasteiger partial charge in [0.25, 0.3) is 11.8 Å². The smallest absolute Gasteiger partial charge is 0.268 e. The normalized spacial score (nSPS) is 11.7.